The zero-order valence-electron chi connectivity index (χ0n) is 14.1. The van der Waals surface area contributed by atoms with Crippen LogP contribution in [0.3, 0.4) is 0 Å². The summed E-state index contributed by atoms with van der Waals surface area (Å²) in [5, 5.41) is 5.69. The highest BCUT2D eigenvalue weighted by atomic mass is 32.2. The smallest absolute Gasteiger partial charge is 0.315 e. The van der Waals surface area contributed by atoms with Crippen LogP contribution in [0.4, 0.5) is 4.79 Å². The summed E-state index contributed by atoms with van der Waals surface area (Å²) in [5.41, 5.74) is 0.676. The Morgan fingerprint density at radius 3 is 2.67 bits per heavy atom. The Hall–Kier alpha value is -1.67. The molecular formula is C16H26N4O3S. The first-order valence-electron chi connectivity index (χ1n) is 8.34. The molecule has 7 nitrogen and oxygen atoms in total. The number of pyridine rings is 1. The molecule has 1 heterocycles. The maximum Gasteiger partial charge on any atom is 0.315 e. The minimum absolute atomic E-state index is 0.200. The zero-order chi connectivity index (χ0) is 17.4. The predicted octanol–water partition coefficient (Wildman–Crippen LogP) is 1.48. The lowest BCUT2D eigenvalue weighted by Gasteiger charge is -2.23. The molecule has 0 saturated heterocycles. The van der Waals surface area contributed by atoms with Crippen molar-refractivity contribution in [1.29, 1.82) is 0 Å². The Morgan fingerprint density at radius 1 is 1.29 bits per heavy atom. The number of urea groups is 1. The van der Waals surface area contributed by atoms with Crippen LogP contribution in [0.2, 0.25) is 0 Å². The topological polar surface area (TPSA) is 91.4 Å². The standard InChI is InChI=1S/C16H26N4O3S/c1-24(22,23)20(13-15-9-5-6-10-17-15)12-11-18-16(21)19-14-7-3-2-4-8-14/h5-6,9-10,14H,2-4,7-8,11-13H2,1H3,(H2,18,19,21). The average Bonchev–Trinajstić information content (AvgIpc) is 2.55. The molecule has 1 aliphatic rings. The largest absolute Gasteiger partial charge is 0.337 e. The van der Waals surface area contributed by atoms with Crippen molar-refractivity contribution in [3.63, 3.8) is 0 Å². The molecule has 1 saturated carbocycles. The SMILES string of the molecule is CS(=O)(=O)N(CCNC(=O)NC1CCCCC1)Cc1ccccn1. The van der Waals surface area contributed by atoms with Crippen LogP contribution < -0.4 is 10.6 Å². The molecule has 1 aromatic heterocycles. The summed E-state index contributed by atoms with van der Waals surface area (Å²) in [6.45, 7) is 0.678. The van der Waals surface area contributed by atoms with Crippen molar-refractivity contribution in [3.05, 3.63) is 30.1 Å². The lowest BCUT2D eigenvalue weighted by atomic mass is 9.96. The molecule has 2 N–H and O–H groups in total. The van der Waals surface area contributed by atoms with Crippen molar-refractivity contribution < 1.29 is 13.2 Å². The highest BCUT2D eigenvalue weighted by Gasteiger charge is 2.19. The van der Waals surface area contributed by atoms with E-state index in [1.807, 2.05) is 6.07 Å². The minimum atomic E-state index is -3.37. The molecule has 0 bridgehead atoms. The third-order valence-corrected chi connectivity index (χ3v) is 5.37. The lowest BCUT2D eigenvalue weighted by molar-refractivity contribution is 0.231. The Morgan fingerprint density at radius 2 is 2.04 bits per heavy atom. The van der Waals surface area contributed by atoms with Gasteiger partial charge in [0.05, 0.1) is 18.5 Å². The lowest BCUT2D eigenvalue weighted by Crippen LogP contribution is -2.45. The fraction of sp³-hybridized carbons (Fsp3) is 0.625. The first-order chi connectivity index (χ1) is 11.4. The van der Waals surface area contributed by atoms with E-state index in [4.69, 9.17) is 0 Å². The van der Waals surface area contributed by atoms with Gasteiger partial charge in [0.25, 0.3) is 0 Å². The molecule has 0 aliphatic heterocycles. The van der Waals surface area contributed by atoms with Crippen LogP contribution in [-0.2, 0) is 16.6 Å². The van der Waals surface area contributed by atoms with Gasteiger partial charge in [0.15, 0.2) is 0 Å². The Labute approximate surface area is 143 Å². The van der Waals surface area contributed by atoms with Crippen molar-refractivity contribution in [3.8, 4) is 0 Å². The van der Waals surface area contributed by atoms with Gasteiger partial charge in [-0.25, -0.2) is 13.2 Å². The van der Waals surface area contributed by atoms with E-state index >= 15 is 0 Å². The summed E-state index contributed by atoms with van der Waals surface area (Å²) in [7, 11) is -3.37. The highest BCUT2D eigenvalue weighted by Crippen LogP contribution is 2.17. The molecule has 2 rings (SSSR count). The van der Waals surface area contributed by atoms with Crippen molar-refractivity contribution in [2.45, 2.75) is 44.7 Å². The van der Waals surface area contributed by atoms with Gasteiger partial charge in [-0.2, -0.15) is 4.31 Å². The van der Waals surface area contributed by atoms with Gasteiger partial charge in [0.1, 0.15) is 0 Å². The average molecular weight is 354 g/mol. The second-order valence-electron chi connectivity index (χ2n) is 6.15. The van der Waals surface area contributed by atoms with E-state index in [-0.39, 0.29) is 31.7 Å². The van der Waals surface area contributed by atoms with Crippen molar-refractivity contribution in [1.82, 2.24) is 19.9 Å². The van der Waals surface area contributed by atoms with E-state index in [0.29, 0.717) is 5.69 Å². The quantitative estimate of drug-likeness (QED) is 0.776. The number of nitrogens with one attached hydrogen (secondary N) is 2. The summed E-state index contributed by atoms with van der Waals surface area (Å²) in [6, 6.07) is 5.39. The molecule has 0 atom stereocenters. The fourth-order valence-electron chi connectivity index (χ4n) is 2.81. The zero-order valence-corrected chi connectivity index (χ0v) is 14.9. The molecule has 0 spiro atoms. The van der Waals surface area contributed by atoms with E-state index < -0.39 is 10.0 Å². The van der Waals surface area contributed by atoms with Gasteiger partial charge in [-0.05, 0) is 25.0 Å². The fourth-order valence-corrected chi connectivity index (χ4v) is 3.60. The van der Waals surface area contributed by atoms with Crippen LogP contribution in [0.15, 0.2) is 24.4 Å². The summed E-state index contributed by atoms with van der Waals surface area (Å²) in [4.78, 5) is 16.0. The number of amides is 2. The second kappa shape index (κ2) is 8.98. The molecule has 24 heavy (non-hydrogen) atoms. The first-order valence-corrected chi connectivity index (χ1v) is 10.2. The Bertz CT molecular complexity index is 615. The summed E-state index contributed by atoms with van der Waals surface area (Å²) in [5.74, 6) is 0. The third kappa shape index (κ3) is 6.45. The van der Waals surface area contributed by atoms with Crippen LogP contribution in [0.1, 0.15) is 37.8 Å². The Kier molecular flexibility index (Phi) is 6.99. The van der Waals surface area contributed by atoms with Gasteiger partial charge < -0.3 is 10.6 Å². The number of hydrogen-bond acceptors (Lipinski definition) is 4. The molecule has 1 fully saturated rings. The number of hydrogen-bond donors (Lipinski definition) is 2. The Balaban J connectivity index is 1.79. The van der Waals surface area contributed by atoms with Crippen molar-refractivity contribution in [2.24, 2.45) is 0 Å². The molecule has 8 heteroatoms. The molecule has 0 radical (unpaired) electrons. The van der Waals surface area contributed by atoms with Crippen LogP contribution in [0, 0.1) is 0 Å². The van der Waals surface area contributed by atoms with E-state index in [1.165, 1.54) is 10.7 Å². The highest BCUT2D eigenvalue weighted by molar-refractivity contribution is 7.88. The maximum atomic E-state index is 11.9. The van der Waals surface area contributed by atoms with E-state index in [1.54, 1.807) is 18.3 Å². The third-order valence-electron chi connectivity index (χ3n) is 4.12. The molecule has 0 unspecified atom stereocenters. The summed E-state index contributed by atoms with van der Waals surface area (Å²) < 4.78 is 25.1. The molecule has 134 valence electrons. The van der Waals surface area contributed by atoms with Crippen LogP contribution in [-0.4, -0.2) is 49.1 Å². The summed E-state index contributed by atoms with van der Waals surface area (Å²) in [6.07, 6.45) is 8.36. The predicted molar refractivity (Wildman–Crippen MR) is 92.9 cm³/mol. The van der Waals surface area contributed by atoms with Gasteiger partial charge in [-0.1, -0.05) is 25.3 Å². The van der Waals surface area contributed by atoms with Crippen molar-refractivity contribution >= 4 is 16.1 Å². The van der Waals surface area contributed by atoms with Crippen LogP contribution >= 0.6 is 0 Å². The van der Waals surface area contributed by atoms with Gasteiger partial charge in [-0.3, -0.25) is 4.98 Å². The molecular weight excluding hydrogens is 328 g/mol. The van der Waals surface area contributed by atoms with Gasteiger partial charge >= 0.3 is 6.03 Å². The van der Waals surface area contributed by atoms with E-state index in [0.717, 1.165) is 31.9 Å². The van der Waals surface area contributed by atoms with Gasteiger partial charge in [0.2, 0.25) is 10.0 Å². The first kappa shape index (κ1) is 18.7. The number of nitrogens with zero attached hydrogens (tertiary/aromatic N) is 2. The van der Waals surface area contributed by atoms with Crippen LogP contribution in [0.25, 0.3) is 0 Å². The summed E-state index contributed by atoms with van der Waals surface area (Å²) >= 11 is 0. The number of rotatable bonds is 7. The molecule has 0 aromatic carbocycles. The molecule has 1 aromatic rings. The molecule has 1 aliphatic carbocycles. The maximum absolute atomic E-state index is 11.9. The van der Waals surface area contributed by atoms with E-state index in [9.17, 15) is 13.2 Å². The van der Waals surface area contributed by atoms with Gasteiger partial charge in [-0.15, -0.1) is 0 Å². The van der Waals surface area contributed by atoms with Gasteiger partial charge in [0, 0.05) is 25.3 Å². The number of carbonyl (C=O) groups excluding carboxylic acids is 1. The second-order valence-corrected chi connectivity index (χ2v) is 8.14. The minimum Gasteiger partial charge on any atom is -0.337 e. The van der Waals surface area contributed by atoms with Crippen molar-refractivity contribution in [2.75, 3.05) is 19.3 Å². The normalized spacial score (nSPS) is 16.1. The molecule has 2 amide bonds. The number of aromatic nitrogens is 1. The monoisotopic (exact) mass is 354 g/mol. The number of carbonyl (C=O) groups is 1. The number of sulfonamides is 1. The van der Waals surface area contributed by atoms with Crippen LogP contribution in [0.5, 0.6) is 0 Å². The van der Waals surface area contributed by atoms with E-state index in [2.05, 4.69) is 15.6 Å².